The lowest BCUT2D eigenvalue weighted by Gasteiger charge is -2.26. The van der Waals surface area contributed by atoms with Crippen LogP contribution in [-0.2, 0) is 9.59 Å². The number of nitrogens with zero attached hydrogens (tertiary/aromatic N) is 1. The molecule has 1 saturated heterocycles. The summed E-state index contributed by atoms with van der Waals surface area (Å²) in [4.78, 5) is 39.5. The van der Waals surface area contributed by atoms with E-state index in [1.54, 1.807) is 24.3 Å². The van der Waals surface area contributed by atoms with Crippen molar-refractivity contribution in [2.75, 3.05) is 4.90 Å². The summed E-state index contributed by atoms with van der Waals surface area (Å²) in [6, 6.07) is 9.97. The number of hydrogen-bond acceptors (Lipinski definition) is 4. The number of anilines is 1. The smallest absolute Gasteiger partial charge is 0.273 e. The fourth-order valence-electron chi connectivity index (χ4n) is 2.26. The molecule has 1 fully saturated rings. The molecule has 1 aliphatic heterocycles. The van der Waals surface area contributed by atoms with Crippen molar-refractivity contribution in [2.45, 2.75) is 13.8 Å². The molecule has 23 heavy (non-hydrogen) atoms. The highest BCUT2D eigenvalue weighted by Crippen LogP contribution is 2.24. The van der Waals surface area contributed by atoms with E-state index in [0.717, 1.165) is 20.2 Å². The molecule has 1 aromatic carbocycles. The van der Waals surface area contributed by atoms with Gasteiger partial charge in [0, 0.05) is 9.75 Å². The summed E-state index contributed by atoms with van der Waals surface area (Å²) in [7, 11) is 0. The molecular formula is C17H14N2O3S. The minimum absolute atomic E-state index is 0.0491. The van der Waals surface area contributed by atoms with Crippen LogP contribution in [0.25, 0.3) is 6.08 Å². The third-order valence-electron chi connectivity index (χ3n) is 3.44. The predicted octanol–water partition coefficient (Wildman–Crippen LogP) is 3.03. The Labute approximate surface area is 137 Å². The van der Waals surface area contributed by atoms with E-state index in [1.807, 2.05) is 26.0 Å². The van der Waals surface area contributed by atoms with Crippen LogP contribution in [0.5, 0.6) is 0 Å². The lowest BCUT2D eigenvalue weighted by atomic mass is 10.1. The van der Waals surface area contributed by atoms with Crippen molar-refractivity contribution >= 4 is 40.9 Å². The molecule has 1 N–H and O–H groups in total. The first-order valence-corrected chi connectivity index (χ1v) is 7.82. The second-order valence-corrected chi connectivity index (χ2v) is 6.56. The molecule has 116 valence electrons. The number of nitrogens with one attached hydrogen (secondary N) is 1. The van der Waals surface area contributed by atoms with Gasteiger partial charge in [0.25, 0.3) is 11.8 Å². The van der Waals surface area contributed by atoms with Crippen LogP contribution in [0.2, 0.25) is 0 Å². The molecule has 0 spiro atoms. The molecule has 0 unspecified atom stereocenters. The van der Waals surface area contributed by atoms with Crippen LogP contribution in [0.4, 0.5) is 10.5 Å². The van der Waals surface area contributed by atoms with Crippen molar-refractivity contribution in [3.8, 4) is 0 Å². The molecule has 0 bridgehead atoms. The molecule has 1 aliphatic rings. The highest BCUT2D eigenvalue weighted by atomic mass is 32.1. The number of carbonyl (C=O) groups is 3. The van der Waals surface area contributed by atoms with Crippen LogP contribution in [0.1, 0.15) is 15.3 Å². The summed E-state index contributed by atoms with van der Waals surface area (Å²) >= 11 is 1.47. The molecule has 0 saturated carbocycles. The quantitative estimate of drug-likeness (QED) is 0.681. The zero-order valence-corrected chi connectivity index (χ0v) is 13.4. The second kappa shape index (κ2) is 5.81. The molecular weight excluding hydrogens is 312 g/mol. The first kappa shape index (κ1) is 15.2. The Kier molecular flexibility index (Phi) is 3.83. The highest BCUT2D eigenvalue weighted by molar-refractivity contribution is 7.12. The van der Waals surface area contributed by atoms with Crippen molar-refractivity contribution in [3.63, 3.8) is 0 Å². The fourth-order valence-corrected chi connectivity index (χ4v) is 3.08. The van der Waals surface area contributed by atoms with Gasteiger partial charge in [-0.05, 0) is 44.2 Å². The summed E-state index contributed by atoms with van der Waals surface area (Å²) in [5.41, 5.74) is 1.39. The van der Waals surface area contributed by atoms with Gasteiger partial charge in [-0.3, -0.25) is 14.9 Å². The van der Waals surface area contributed by atoms with Gasteiger partial charge in [0.05, 0.1) is 5.69 Å². The number of rotatable bonds is 2. The monoisotopic (exact) mass is 326 g/mol. The van der Waals surface area contributed by atoms with Gasteiger partial charge < -0.3 is 0 Å². The van der Waals surface area contributed by atoms with E-state index in [1.165, 1.54) is 17.4 Å². The fraction of sp³-hybridized carbons (Fsp3) is 0.118. The van der Waals surface area contributed by atoms with Crippen molar-refractivity contribution in [3.05, 3.63) is 57.3 Å². The van der Waals surface area contributed by atoms with Gasteiger partial charge in [0.15, 0.2) is 0 Å². The number of amides is 4. The van der Waals surface area contributed by atoms with Gasteiger partial charge in [-0.25, -0.2) is 9.69 Å². The zero-order chi connectivity index (χ0) is 16.6. The van der Waals surface area contributed by atoms with E-state index in [0.29, 0.717) is 5.69 Å². The molecule has 4 amide bonds. The maximum atomic E-state index is 12.6. The van der Waals surface area contributed by atoms with E-state index in [9.17, 15) is 14.4 Å². The lowest BCUT2D eigenvalue weighted by Crippen LogP contribution is -2.54. The van der Waals surface area contributed by atoms with Crippen LogP contribution in [0.3, 0.4) is 0 Å². The van der Waals surface area contributed by atoms with Crippen molar-refractivity contribution < 1.29 is 14.4 Å². The van der Waals surface area contributed by atoms with Gasteiger partial charge in [-0.1, -0.05) is 17.7 Å². The standard InChI is InChI=1S/C17H14N2O3S/c1-10-3-6-12(7-4-10)19-16(21)14(15(20)18-17(19)22)9-13-8-5-11(2)23-13/h3-9H,1-2H3,(H,18,20,22)/b14-9+. The number of hydrogen-bond donors (Lipinski definition) is 1. The van der Waals surface area contributed by atoms with E-state index in [2.05, 4.69) is 5.32 Å². The maximum absolute atomic E-state index is 12.6. The van der Waals surface area contributed by atoms with Crippen LogP contribution in [0, 0.1) is 13.8 Å². The number of barbiturate groups is 1. The largest absolute Gasteiger partial charge is 0.335 e. The predicted molar refractivity (Wildman–Crippen MR) is 89.2 cm³/mol. The molecule has 5 nitrogen and oxygen atoms in total. The van der Waals surface area contributed by atoms with E-state index in [-0.39, 0.29) is 5.57 Å². The van der Waals surface area contributed by atoms with E-state index < -0.39 is 17.8 Å². The Hall–Kier alpha value is -2.73. The third-order valence-corrected chi connectivity index (χ3v) is 4.39. The van der Waals surface area contributed by atoms with E-state index >= 15 is 0 Å². The minimum atomic E-state index is -0.733. The zero-order valence-electron chi connectivity index (χ0n) is 12.6. The molecule has 3 rings (SSSR count). The number of carbonyl (C=O) groups excluding carboxylic acids is 3. The second-order valence-electron chi connectivity index (χ2n) is 5.24. The molecule has 0 atom stereocenters. The summed E-state index contributed by atoms with van der Waals surface area (Å²) in [6.07, 6.45) is 1.52. The normalized spacial score (nSPS) is 16.9. The maximum Gasteiger partial charge on any atom is 0.335 e. The minimum Gasteiger partial charge on any atom is -0.273 e. The number of aryl methyl sites for hydroxylation is 2. The van der Waals surface area contributed by atoms with Gasteiger partial charge >= 0.3 is 6.03 Å². The molecule has 2 aromatic rings. The highest BCUT2D eigenvalue weighted by Gasteiger charge is 2.36. The Morgan fingerprint density at radius 1 is 1.00 bits per heavy atom. The number of imide groups is 2. The first-order valence-electron chi connectivity index (χ1n) is 7.00. The van der Waals surface area contributed by atoms with Gasteiger partial charge in [-0.2, -0.15) is 0 Å². The molecule has 0 radical (unpaired) electrons. The SMILES string of the molecule is Cc1ccc(N2C(=O)NC(=O)/C(=C\c3ccc(C)s3)C2=O)cc1. The Morgan fingerprint density at radius 3 is 2.30 bits per heavy atom. The average molecular weight is 326 g/mol. The number of benzene rings is 1. The summed E-state index contributed by atoms with van der Waals surface area (Å²) < 4.78 is 0. The average Bonchev–Trinajstić information content (AvgIpc) is 2.91. The van der Waals surface area contributed by atoms with Crippen LogP contribution in [-0.4, -0.2) is 17.8 Å². The molecule has 1 aromatic heterocycles. The molecule has 2 heterocycles. The summed E-state index contributed by atoms with van der Waals surface area (Å²) in [6.45, 7) is 3.85. The Balaban J connectivity index is 2.00. The van der Waals surface area contributed by atoms with Crippen LogP contribution >= 0.6 is 11.3 Å². The Bertz CT molecular complexity index is 834. The van der Waals surface area contributed by atoms with Crippen molar-refractivity contribution in [2.24, 2.45) is 0 Å². The third kappa shape index (κ3) is 2.93. The summed E-state index contributed by atoms with van der Waals surface area (Å²) in [5.74, 6) is -1.29. The van der Waals surface area contributed by atoms with Gasteiger partial charge in [0.1, 0.15) is 5.57 Å². The van der Waals surface area contributed by atoms with E-state index in [4.69, 9.17) is 0 Å². The number of thiophene rings is 1. The van der Waals surface area contributed by atoms with Crippen molar-refractivity contribution in [1.29, 1.82) is 0 Å². The van der Waals surface area contributed by atoms with Gasteiger partial charge in [-0.15, -0.1) is 11.3 Å². The Morgan fingerprint density at radius 2 is 1.70 bits per heavy atom. The molecule has 0 aliphatic carbocycles. The summed E-state index contributed by atoms with van der Waals surface area (Å²) in [5, 5.41) is 2.21. The van der Waals surface area contributed by atoms with Crippen molar-refractivity contribution in [1.82, 2.24) is 5.32 Å². The van der Waals surface area contributed by atoms with Crippen LogP contribution < -0.4 is 10.2 Å². The number of urea groups is 1. The van der Waals surface area contributed by atoms with Crippen LogP contribution in [0.15, 0.2) is 42.0 Å². The van der Waals surface area contributed by atoms with Gasteiger partial charge in [0.2, 0.25) is 0 Å². The lowest BCUT2D eigenvalue weighted by molar-refractivity contribution is -0.122. The topological polar surface area (TPSA) is 66.5 Å². The molecule has 6 heteroatoms. The first-order chi connectivity index (χ1) is 11.0.